The fourth-order valence-electron chi connectivity index (χ4n) is 3.37. The van der Waals surface area contributed by atoms with Crippen LogP contribution in [0.5, 0.6) is 11.5 Å². The normalized spacial score (nSPS) is 11.0. The first-order chi connectivity index (χ1) is 16.3. The second-order valence-electron chi connectivity index (χ2n) is 7.80. The van der Waals surface area contributed by atoms with E-state index in [-0.39, 0.29) is 0 Å². The fraction of sp³-hybridized carbons (Fsp3) is 0.286. The summed E-state index contributed by atoms with van der Waals surface area (Å²) in [7, 11) is 0. The number of thiophene rings is 2. The van der Waals surface area contributed by atoms with Crippen molar-refractivity contribution in [1.29, 1.82) is 0 Å². The summed E-state index contributed by atoms with van der Waals surface area (Å²) in [6.07, 6.45) is 4.45. The maximum atomic E-state index is 5.87. The standard InChI is InChI=1S/C28H30O2S3/c1-3-5-17-29-23-13-9-21(10-14-23)25-20-27(32-26-8-7-19-31-26)33-28(25)22-11-15-24(16-12-22)30-18-6-4-2/h7-16,19-20H,3-6,17-18H2,1-2H3. The lowest BCUT2D eigenvalue weighted by Crippen LogP contribution is -1.96. The molecule has 0 saturated heterocycles. The van der Waals surface area contributed by atoms with Gasteiger partial charge in [0.1, 0.15) is 11.5 Å². The molecule has 4 rings (SSSR count). The third-order valence-electron chi connectivity index (χ3n) is 5.22. The second kappa shape index (κ2) is 12.3. The van der Waals surface area contributed by atoms with Crippen LogP contribution in [0.4, 0.5) is 0 Å². The van der Waals surface area contributed by atoms with Crippen LogP contribution < -0.4 is 9.47 Å². The van der Waals surface area contributed by atoms with Crippen LogP contribution in [0.2, 0.25) is 0 Å². The van der Waals surface area contributed by atoms with Crippen LogP contribution in [0.1, 0.15) is 39.5 Å². The van der Waals surface area contributed by atoms with Crippen LogP contribution in [0.3, 0.4) is 0 Å². The van der Waals surface area contributed by atoms with Crippen LogP contribution in [0.15, 0.2) is 80.5 Å². The third-order valence-corrected chi connectivity index (χ3v) is 8.56. The molecule has 0 N–H and O–H groups in total. The molecule has 0 atom stereocenters. The molecule has 2 aromatic carbocycles. The number of ether oxygens (including phenoxy) is 2. The van der Waals surface area contributed by atoms with Gasteiger partial charge in [-0.3, -0.25) is 0 Å². The van der Waals surface area contributed by atoms with Gasteiger partial charge in [-0.1, -0.05) is 56.7 Å². The van der Waals surface area contributed by atoms with Gasteiger partial charge < -0.3 is 9.47 Å². The molecule has 2 nitrogen and oxygen atoms in total. The molecule has 2 heterocycles. The lowest BCUT2D eigenvalue weighted by atomic mass is 10.0. The number of benzene rings is 2. The Morgan fingerprint density at radius 2 is 1.33 bits per heavy atom. The molecule has 0 bridgehead atoms. The topological polar surface area (TPSA) is 18.5 Å². The molecule has 172 valence electrons. The van der Waals surface area contributed by atoms with Crippen molar-refractivity contribution >= 4 is 34.4 Å². The summed E-state index contributed by atoms with van der Waals surface area (Å²) in [5, 5.41) is 2.13. The van der Waals surface area contributed by atoms with Gasteiger partial charge in [0.05, 0.1) is 21.6 Å². The molecule has 33 heavy (non-hydrogen) atoms. The third kappa shape index (κ3) is 6.66. The van der Waals surface area contributed by atoms with E-state index < -0.39 is 0 Å². The molecule has 4 aromatic rings. The summed E-state index contributed by atoms with van der Waals surface area (Å²) in [5.74, 6) is 1.87. The highest BCUT2D eigenvalue weighted by molar-refractivity contribution is 8.02. The van der Waals surface area contributed by atoms with Crippen LogP contribution >= 0.6 is 34.4 Å². The van der Waals surface area contributed by atoms with Crippen molar-refractivity contribution in [1.82, 2.24) is 0 Å². The van der Waals surface area contributed by atoms with E-state index in [4.69, 9.17) is 9.47 Å². The second-order valence-corrected chi connectivity index (χ2v) is 11.4. The molecule has 0 unspecified atom stereocenters. The molecule has 0 radical (unpaired) electrons. The molecule has 5 heteroatoms. The Morgan fingerprint density at radius 3 is 1.88 bits per heavy atom. The molecule has 0 spiro atoms. The summed E-state index contributed by atoms with van der Waals surface area (Å²) < 4.78 is 14.3. The fourth-order valence-corrected chi connectivity index (χ4v) is 6.73. The first kappa shape index (κ1) is 23.9. The van der Waals surface area contributed by atoms with Gasteiger partial charge in [0.15, 0.2) is 0 Å². The van der Waals surface area contributed by atoms with Gasteiger partial charge in [-0.2, -0.15) is 0 Å². The van der Waals surface area contributed by atoms with Gasteiger partial charge in [0, 0.05) is 10.4 Å². The van der Waals surface area contributed by atoms with E-state index in [1.165, 1.54) is 30.0 Å². The first-order valence-electron chi connectivity index (χ1n) is 11.6. The minimum Gasteiger partial charge on any atom is -0.494 e. The molecule has 0 aliphatic heterocycles. The van der Waals surface area contributed by atoms with E-state index >= 15 is 0 Å². The average molecular weight is 495 g/mol. The monoisotopic (exact) mass is 494 g/mol. The molecular formula is C28H30O2S3. The van der Waals surface area contributed by atoms with Crippen molar-refractivity contribution in [3.8, 4) is 33.1 Å². The van der Waals surface area contributed by atoms with Crippen molar-refractivity contribution < 1.29 is 9.47 Å². The molecule has 2 aromatic heterocycles. The number of unbranched alkanes of at least 4 members (excludes halogenated alkanes) is 2. The highest BCUT2D eigenvalue weighted by Gasteiger charge is 2.15. The smallest absolute Gasteiger partial charge is 0.119 e. The van der Waals surface area contributed by atoms with Gasteiger partial charge in [-0.25, -0.2) is 0 Å². The molecule has 0 aliphatic rings. The predicted molar refractivity (Wildman–Crippen MR) is 144 cm³/mol. The Balaban J connectivity index is 1.60. The van der Waals surface area contributed by atoms with E-state index in [2.05, 4.69) is 86.0 Å². The van der Waals surface area contributed by atoms with Crippen molar-refractivity contribution in [3.63, 3.8) is 0 Å². The van der Waals surface area contributed by atoms with Gasteiger partial charge in [-0.05, 0) is 77.9 Å². The van der Waals surface area contributed by atoms with E-state index in [0.717, 1.165) is 50.4 Å². The maximum absolute atomic E-state index is 5.87. The Hall–Kier alpha value is -2.21. The number of hydrogen-bond acceptors (Lipinski definition) is 5. The van der Waals surface area contributed by atoms with E-state index in [1.807, 2.05) is 23.1 Å². The van der Waals surface area contributed by atoms with Crippen LogP contribution in [-0.2, 0) is 0 Å². The molecule has 0 fully saturated rings. The maximum Gasteiger partial charge on any atom is 0.119 e. The Labute approximate surface area is 209 Å². The Kier molecular flexibility index (Phi) is 8.93. The van der Waals surface area contributed by atoms with Crippen molar-refractivity contribution in [2.75, 3.05) is 13.2 Å². The van der Waals surface area contributed by atoms with E-state index in [0.29, 0.717) is 0 Å². The van der Waals surface area contributed by atoms with Gasteiger partial charge >= 0.3 is 0 Å². The van der Waals surface area contributed by atoms with Gasteiger partial charge in [0.2, 0.25) is 0 Å². The molecule has 0 aliphatic carbocycles. The number of hydrogen-bond donors (Lipinski definition) is 0. The summed E-state index contributed by atoms with van der Waals surface area (Å²) in [6, 6.07) is 23.7. The quantitative estimate of drug-likeness (QED) is 0.183. The highest BCUT2D eigenvalue weighted by Crippen LogP contribution is 2.46. The largest absolute Gasteiger partial charge is 0.494 e. The SMILES string of the molecule is CCCCOc1ccc(-c2cc(Sc3cccs3)sc2-c2ccc(OCCCC)cc2)cc1. The van der Waals surface area contributed by atoms with Crippen molar-refractivity contribution in [2.24, 2.45) is 0 Å². The molecule has 0 amide bonds. The lowest BCUT2D eigenvalue weighted by Gasteiger charge is -2.09. The summed E-state index contributed by atoms with van der Waals surface area (Å²) in [5.41, 5.74) is 3.70. The first-order valence-corrected chi connectivity index (χ1v) is 14.1. The minimum atomic E-state index is 0.772. The van der Waals surface area contributed by atoms with E-state index in [1.54, 1.807) is 11.3 Å². The summed E-state index contributed by atoms with van der Waals surface area (Å²) in [4.78, 5) is 1.29. The Morgan fingerprint density at radius 1 is 0.727 bits per heavy atom. The van der Waals surface area contributed by atoms with Crippen LogP contribution in [-0.4, -0.2) is 13.2 Å². The van der Waals surface area contributed by atoms with Gasteiger partial charge in [-0.15, -0.1) is 22.7 Å². The minimum absolute atomic E-state index is 0.772. The number of rotatable bonds is 12. The van der Waals surface area contributed by atoms with E-state index in [9.17, 15) is 0 Å². The lowest BCUT2D eigenvalue weighted by molar-refractivity contribution is 0.309. The summed E-state index contributed by atoms with van der Waals surface area (Å²) >= 11 is 5.48. The zero-order chi connectivity index (χ0) is 22.9. The van der Waals surface area contributed by atoms with Crippen molar-refractivity contribution in [2.45, 2.75) is 47.9 Å². The van der Waals surface area contributed by atoms with Crippen LogP contribution in [0, 0.1) is 0 Å². The predicted octanol–water partition coefficient (Wildman–Crippen LogP) is 9.65. The van der Waals surface area contributed by atoms with Crippen LogP contribution in [0.25, 0.3) is 21.6 Å². The average Bonchev–Trinajstić information content (AvgIpc) is 3.51. The summed E-state index contributed by atoms with van der Waals surface area (Å²) in [6.45, 7) is 5.91. The van der Waals surface area contributed by atoms with Gasteiger partial charge in [0.25, 0.3) is 0 Å². The molecule has 0 saturated carbocycles. The molecular weight excluding hydrogens is 465 g/mol. The highest BCUT2D eigenvalue weighted by atomic mass is 32.2. The van der Waals surface area contributed by atoms with Crippen molar-refractivity contribution in [3.05, 3.63) is 72.1 Å². The zero-order valence-corrected chi connectivity index (χ0v) is 21.7. The zero-order valence-electron chi connectivity index (χ0n) is 19.2. The Bertz CT molecular complexity index is 1030.